The van der Waals surface area contributed by atoms with E-state index in [-0.39, 0.29) is 30.5 Å². The number of likely N-dealkylation sites (N-methyl/N-ethyl adjacent to an activating group) is 1. The summed E-state index contributed by atoms with van der Waals surface area (Å²) < 4.78 is 42.3. The molecule has 12 nitrogen and oxygen atoms in total. The number of aromatic amines is 1. The van der Waals surface area contributed by atoms with Crippen LogP contribution in [0.25, 0.3) is 21.9 Å². The first-order chi connectivity index (χ1) is 26.0. The van der Waals surface area contributed by atoms with Crippen LogP contribution in [0.5, 0.6) is 0 Å². The minimum Gasteiger partial charge on any atom is -0.475 e. The third-order valence-corrected chi connectivity index (χ3v) is 8.93. The van der Waals surface area contributed by atoms with Crippen molar-refractivity contribution < 1.29 is 46.9 Å². The first-order valence-corrected chi connectivity index (χ1v) is 16.8. The molecule has 7 rings (SSSR count). The molecule has 3 heterocycles. The van der Waals surface area contributed by atoms with E-state index < -0.39 is 30.2 Å². The zero-order valence-electron chi connectivity index (χ0n) is 30.1. The lowest BCUT2D eigenvalue weighted by Gasteiger charge is -2.28. The van der Waals surface area contributed by atoms with Gasteiger partial charge < -0.3 is 29.8 Å². The highest BCUT2D eigenvalue weighted by molar-refractivity contribution is 5.92. The van der Waals surface area contributed by atoms with Crippen molar-refractivity contribution in [3.63, 3.8) is 0 Å². The van der Waals surface area contributed by atoms with Crippen molar-refractivity contribution in [3.8, 4) is 11.1 Å². The van der Waals surface area contributed by atoms with Crippen molar-refractivity contribution >= 4 is 46.1 Å². The van der Waals surface area contributed by atoms with Gasteiger partial charge in [0.25, 0.3) is 5.56 Å². The molecule has 2 atom stereocenters. The van der Waals surface area contributed by atoms with E-state index in [1.165, 1.54) is 7.11 Å². The minimum absolute atomic E-state index is 0.102. The van der Waals surface area contributed by atoms with Gasteiger partial charge in [-0.15, -0.1) is 0 Å². The van der Waals surface area contributed by atoms with E-state index in [1.54, 1.807) is 54.5 Å². The van der Waals surface area contributed by atoms with Crippen LogP contribution in [0.1, 0.15) is 51.5 Å². The van der Waals surface area contributed by atoms with Gasteiger partial charge in [0, 0.05) is 42.5 Å². The summed E-state index contributed by atoms with van der Waals surface area (Å²) in [6, 6.07) is 24.8. The van der Waals surface area contributed by atoms with Crippen LogP contribution in [-0.4, -0.2) is 65.9 Å². The number of fused-ring (bicyclic) bond motifs is 10. The number of aromatic nitrogens is 1. The van der Waals surface area contributed by atoms with Crippen molar-refractivity contribution in [1.29, 1.82) is 0 Å². The number of nitrogens with zero attached hydrogens (tertiary/aromatic N) is 1. The standard InChI is InChI=1S/C38H36N4O6.C2HF3O2/c1-22-16-26-9-12-31(22)23(2)21-48-38(46)41-29-11-13-32(25-6-5-7-27(17-25)37(45)47-4)28(18-29)20-42(3)36(44)34(26)40-30-10-8-24-14-15-39-35(43)33(24)19-30;3-2(4,5)1(6)7/h5-19,23,34,40H,20-21H2,1-4H3,(H,39,43)(H,41,46);(H,6,7)/t23-,34+;/m0./s1. The van der Waals surface area contributed by atoms with E-state index in [2.05, 4.69) is 15.6 Å². The lowest BCUT2D eigenvalue weighted by atomic mass is 9.92. The summed E-state index contributed by atoms with van der Waals surface area (Å²) in [6.07, 6.45) is -4.06. The average molecular weight is 759 g/mol. The largest absolute Gasteiger partial charge is 0.490 e. The number of amides is 2. The number of anilines is 2. The molecule has 0 radical (unpaired) electrons. The molecule has 0 unspecified atom stereocenters. The van der Waals surface area contributed by atoms with Crippen molar-refractivity contribution in [2.45, 2.75) is 38.5 Å². The first kappa shape index (κ1) is 39.6. The zero-order valence-corrected chi connectivity index (χ0v) is 30.1. The van der Waals surface area contributed by atoms with Crippen molar-refractivity contribution in [2.24, 2.45) is 0 Å². The number of pyridine rings is 1. The number of rotatable bonds is 4. The average Bonchev–Trinajstić information content (AvgIpc) is 3.15. The summed E-state index contributed by atoms with van der Waals surface area (Å²) >= 11 is 0. The lowest BCUT2D eigenvalue weighted by Crippen LogP contribution is -2.35. The Bertz CT molecular complexity index is 2320. The number of halogens is 3. The predicted octanol–water partition coefficient (Wildman–Crippen LogP) is 7.40. The van der Waals surface area contributed by atoms with Gasteiger partial charge in [-0.25, -0.2) is 14.4 Å². The molecule has 2 aliphatic heterocycles. The van der Waals surface area contributed by atoms with Gasteiger partial charge in [0.2, 0.25) is 5.91 Å². The molecule has 2 amide bonds. The number of esters is 1. The number of benzene rings is 4. The molecule has 0 fully saturated rings. The molecule has 4 N–H and O–H groups in total. The fourth-order valence-electron chi connectivity index (χ4n) is 6.17. The van der Waals surface area contributed by atoms with Gasteiger partial charge in [0.15, 0.2) is 0 Å². The van der Waals surface area contributed by atoms with E-state index in [9.17, 15) is 32.3 Å². The molecular weight excluding hydrogens is 721 g/mol. The molecular formula is C40H37F3N4O8. The van der Waals surface area contributed by atoms with E-state index in [0.29, 0.717) is 22.3 Å². The third-order valence-electron chi connectivity index (χ3n) is 8.93. The van der Waals surface area contributed by atoms with Gasteiger partial charge in [-0.1, -0.05) is 49.4 Å². The Morgan fingerprint density at radius 1 is 0.982 bits per heavy atom. The SMILES string of the molecule is COC(=O)c1cccc(-c2ccc3cc2CN(C)C(=O)[C@H](Nc2ccc4cc[nH]c(=O)c4c2)c2ccc(c(C)c2)[C@@H](C)COC(=O)N3)c1.O=C(O)C(F)(F)F. The van der Waals surface area contributed by atoms with Crippen LogP contribution in [-0.2, 0) is 25.6 Å². The smallest absolute Gasteiger partial charge is 0.475 e. The number of H-pyrrole nitrogens is 1. The number of carbonyl (C=O) groups is 4. The van der Waals surface area contributed by atoms with E-state index in [4.69, 9.17) is 19.4 Å². The highest BCUT2D eigenvalue weighted by atomic mass is 19.4. The summed E-state index contributed by atoms with van der Waals surface area (Å²) in [5.74, 6) is -3.54. The van der Waals surface area contributed by atoms with E-state index in [0.717, 1.165) is 38.8 Å². The van der Waals surface area contributed by atoms with E-state index in [1.807, 2.05) is 62.4 Å². The number of hydrogen-bond acceptors (Lipinski definition) is 8. The van der Waals surface area contributed by atoms with Crippen LogP contribution >= 0.6 is 0 Å². The summed E-state index contributed by atoms with van der Waals surface area (Å²) in [5, 5.41) is 14.6. The second-order valence-electron chi connectivity index (χ2n) is 12.9. The molecule has 5 aromatic rings. The number of ether oxygens (including phenoxy) is 2. The summed E-state index contributed by atoms with van der Waals surface area (Å²) in [4.78, 5) is 65.4. The minimum atomic E-state index is -5.08. The highest BCUT2D eigenvalue weighted by Crippen LogP contribution is 2.32. The van der Waals surface area contributed by atoms with Gasteiger partial charge in [0.1, 0.15) is 6.04 Å². The van der Waals surface area contributed by atoms with Crippen molar-refractivity contribution in [3.05, 3.63) is 129 Å². The van der Waals surface area contributed by atoms with Crippen LogP contribution in [0.4, 0.5) is 29.3 Å². The second kappa shape index (κ2) is 16.6. The summed E-state index contributed by atoms with van der Waals surface area (Å²) in [5.41, 5.74) is 6.22. The number of nitrogens with one attached hydrogen (secondary N) is 3. The summed E-state index contributed by atoms with van der Waals surface area (Å²) in [6.45, 7) is 4.28. The molecule has 0 saturated heterocycles. The number of carboxylic acid groups (broad SMARTS) is 1. The van der Waals surface area contributed by atoms with Crippen LogP contribution in [0.3, 0.4) is 0 Å². The number of aliphatic carboxylic acids is 1. The number of methoxy groups -OCH3 is 1. The van der Waals surface area contributed by atoms with Gasteiger partial charge in [0.05, 0.1) is 19.3 Å². The zero-order chi connectivity index (χ0) is 40.0. The van der Waals surface area contributed by atoms with Crippen LogP contribution < -0.4 is 16.2 Å². The van der Waals surface area contributed by atoms with Gasteiger partial charge in [-0.3, -0.25) is 14.9 Å². The number of alkyl halides is 3. The lowest BCUT2D eigenvalue weighted by molar-refractivity contribution is -0.192. The normalized spacial score (nSPS) is 16.0. The Morgan fingerprint density at radius 3 is 2.42 bits per heavy atom. The van der Waals surface area contributed by atoms with Gasteiger partial charge in [-0.2, -0.15) is 13.2 Å². The van der Waals surface area contributed by atoms with Crippen LogP contribution in [0, 0.1) is 6.92 Å². The predicted molar refractivity (Wildman–Crippen MR) is 199 cm³/mol. The van der Waals surface area contributed by atoms with Gasteiger partial charge in [-0.05, 0) is 88.2 Å². The molecule has 0 saturated carbocycles. The Balaban J connectivity index is 0.000000757. The number of hydrogen-bond donors (Lipinski definition) is 4. The highest BCUT2D eigenvalue weighted by Gasteiger charge is 2.38. The van der Waals surface area contributed by atoms with Gasteiger partial charge >= 0.3 is 24.2 Å². The fourth-order valence-corrected chi connectivity index (χ4v) is 6.17. The number of carbonyl (C=O) groups excluding carboxylic acids is 3. The molecule has 55 heavy (non-hydrogen) atoms. The Hall–Kier alpha value is -6.64. The molecule has 2 aliphatic rings. The molecule has 4 aromatic carbocycles. The molecule has 0 aliphatic carbocycles. The Morgan fingerprint density at radius 2 is 1.73 bits per heavy atom. The van der Waals surface area contributed by atoms with Crippen LogP contribution in [0.15, 0.2) is 95.9 Å². The summed E-state index contributed by atoms with van der Waals surface area (Å²) in [7, 11) is 3.05. The molecule has 15 heteroatoms. The second-order valence-corrected chi connectivity index (χ2v) is 12.9. The molecule has 0 spiro atoms. The molecule has 4 bridgehead atoms. The maximum absolute atomic E-state index is 14.5. The number of aryl methyl sites for hydroxylation is 1. The Kier molecular flexibility index (Phi) is 11.9. The topological polar surface area (TPSA) is 167 Å². The van der Waals surface area contributed by atoms with E-state index >= 15 is 0 Å². The molecule has 286 valence electrons. The maximum Gasteiger partial charge on any atom is 0.490 e. The monoisotopic (exact) mass is 758 g/mol. The fraction of sp³-hybridized carbons (Fsp3) is 0.225. The Labute approximate surface area is 312 Å². The molecule has 1 aromatic heterocycles. The third kappa shape index (κ3) is 9.48. The quantitative estimate of drug-likeness (QED) is 0.137. The maximum atomic E-state index is 14.5. The van der Waals surface area contributed by atoms with Crippen LogP contribution in [0.2, 0.25) is 0 Å². The first-order valence-electron chi connectivity index (χ1n) is 16.8. The van der Waals surface area contributed by atoms with Crippen molar-refractivity contribution in [1.82, 2.24) is 9.88 Å². The van der Waals surface area contributed by atoms with Crippen molar-refractivity contribution in [2.75, 3.05) is 31.4 Å². The number of carboxylic acids is 1.